The molecule has 0 radical (unpaired) electrons. The molecule has 1 fully saturated rings. The van der Waals surface area contributed by atoms with Gasteiger partial charge in [-0.3, -0.25) is 0 Å². The van der Waals surface area contributed by atoms with Gasteiger partial charge in [0.05, 0.1) is 12.9 Å². The molecule has 0 bridgehead atoms. The standard InChI is InChI=1S/C14H18ClN3O3S/c1-9-6-11(9)12-5-4-10(21-12)7-18(3)22(19,20)14-13(15)17(2)8-16-14/h4-5,8-9,11H,6-7H2,1-3H3/t9-,11-/m1/s1. The van der Waals surface area contributed by atoms with E-state index >= 15 is 0 Å². The Labute approximate surface area is 134 Å². The zero-order valence-electron chi connectivity index (χ0n) is 12.7. The highest BCUT2D eigenvalue weighted by molar-refractivity contribution is 7.89. The number of halogens is 1. The molecule has 0 amide bonds. The first kappa shape index (κ1) is 15.6. The van der Waals surface area contributed by atoms with Crippen molar-refractivity contribution in [3.8, 4) is 0 Å². The normalized spacial score (nSPS) is 21.5. The first-order valence-corrected chi connectivity index (χ1v) is 8.84. The first-order chi connectivity index (χ1) is 10.3. The summed E-state index contributed by atoms with van der Waals surface area (Å²) in [6, 6.07) is 3.75. The van der Waals surface area contributed by atoms with Crippen LogP contribution in [0.15, 0.2) is 27.9 Å². The van der Waals surface area contributed by atoms with Gasteiger partial charge in [-0.05, 0) is 24.5 Å². The molecule has 0 aliphatic heterocycles. The van der Waals surface area contributed by atoms with Crippen LogP contribution in [0, 0.1) is 5.92 Å². The fourth-order valence-corrected chi connectivity index (χ4v) is 3.93. The molecule has 0 saturated heterocycles. The molecule has 0 spiro atoms. The number of hydrogen-bond acceptors (Lipinski definition) is 4. The summed E-state index contributed by atoms with van der Waals surface area (Å²) in [5.74, 6) is 2.67. The van der Waals surface area contributed by atoms with Crippen LogP contribution in [0.3, 0.4) is 0 Å². The Hall–Kier alpha value is -1.31. The second-order valence-corrected chi connectivity index (χ2v) is 8.15. The highest BCUT2D eigenvalue weighted by atomic mass is 35.5. The maximum Gasteiger partial charge on any atom is 0.263 e. The number of aromatic nitrogens is 2. The third-order valence-corrected chi connectivity index (χ3v) is 6.32. The van der Waals surface area contributed by atoms with E-state index in [0.717, 1.165) is 12.2 Å². The van der Waals surface area contributed by atoms with Crippen LogP contribution in [-0.4, -0.2) is 29.3 Å². The summed E-state index contributed by atoms with van der Waals surface area (Å²) < 4.78 is 33.4. The Kier molecular flexibility index (Phi) is 3.82. The molecule has 8 heteroatoms. The highest BCUT2D eigenvalue weighted by Crippen LogP contribution is 2.47. The van der Waals surface area contributed by atoms with E-state index in [2.05, 4.69) is 11.9 Å². The van der Waals surface area contributed by atoms with Crippen molar-refractivity contribution in [2.45, 2.75) is 30.8 Å². The van der Waals surface area contributed by atoms with Crippen molar-refractivity contribution in [2.75, 3.05) is 7.05 Å². The summed E-state index contributed by atoms with van der Waals surface area (Å²) in [6.45, 7) is 2.32. The van der Waals surface area contributed by atoms with E-state index in [1.807, 2.05) is 12.1 Å². The van der Waals surface area contributed by atoms with Gasteiger partial charge in [0.25, 0.3) is 10.0 Å². The van der Waals surface area contributed by atoms with Gasteiger partial charge in [0, 0.05) is 20.0 Å². The van der Waals surface area contributed by atoms with Gasteiger partial charge in [-0.2, -0.15) is 4.31 Å². The Balaban J connectivity index is 1.77. The Bertz CT molecular complexity index is 796. The molecule has 2 heterocycles. The second kappa shape index (κ2) is 5.40. The van der Waals surface area contributed by atoms with Crippen LogP contribution < -0.4 is 0 Å². The van der Waals surface area contributed by atoms with Crippen LogP contribution in [0.5, 0.6) is 0 Å². The van der Waals surface area contributed by atoms with Crippen LogP contribution >= 0.6 is 11.6 Å². The molecule has 0 N–H and O–H groups in total. The first-order valence-electron chi connectivity index (χ1n) is 7.02. The maximum atomic E-state index is 12.5. The zero-order valence-corrected chi connectivity index (χ0v) is 14.2. The Morgan fingerprint density at radius 3 is 2.73 bits per heavy atom. The third-order valence-electron chi connectivity index (χ3n) is 4.02. The van der Waals surface area contributed by atoms with Gasteiger partial charge in [0.2, 0.25) is 5.03 Å². The lowest BCUT2D eigenvalue weighted by Crippen LogP contribution is -2.27. The van der Waals surface area contributed by atoms with Gasteiger partial charge in [0.1, 0.15) is 16.7 Å². The number of aryl methyl sites for hydroxylation is 1. The highest BCUT2D eigenvalue weighted by Gasteiger charge is 2.37. The molecule has 2 aromatic heterocycles. The summed E-state index contributed by atoms with van der Waals surface area (Å²) >= 11 is 5.98. The maximum absolute atomic E-state index is 12.5. The molecule has 22 heavy (non-hydrogen) atoms. The lowest BCUT2D eigenvalue weighted by atomic mass is 10.3. The number of imidazole rings is 1. The lowest BCUT2D eigenvalue weighted by molar-refractivity contribution is 0.389. The fourth-order valence-electron chi connectivity index (χ4n) is 2.42. The largest absolute Gasteiger partial charge is 0.464 e. The van der Waals surface area contributed by atoms with Crippen LogP contribution in [0.2, 0.25) is 5.15 Å². The summed E-state index contributed by atoms with van der Waals surface area (Å²) in [5, 5.41) is -0.0412. The lowest BCUT2D eigenvalue weighted by Gasteiger charge is -2.14. The number of nitrogens with zero attached hydrogens (tertiary/aromatic N) is 3. The van der Waals surface area contributed by atoms with Crippen molar-refractivity contribution in [3.63, 3.8) is 0 Å². The van der Waals surface area contributed by atoms with E-state index in [9.17, 15) is 8.42 Å². The predicted molar refractivity (Wildman–Crippen MR) is 82.1 cm³/mol. The van der Waals surface area contributed by atoms with Crippen molar-refractivity contribution < 1.29 is 12.8 Å². The molecule has 0 unspecified atom stereocenters. The minimum atomic E-state index is -3.74. The van der Waals surface area contributed by atoms with Crippen LogP contribution in [0.1, 0.15) is 30.8 Å². The Morgan fingerprint density at radius 1 is 1.50 bits per heavy atom. The molecule has 1 aliphatic rings. The number of sulfonamides is 1. The van der Waals surface area contributed by atoms with Gasteiger partial charge in [-0.15, -0.1) is 0 Å². The van der Waals surface area contributed by atoms with Gasteiger partial charge in [-0.1, -0.05) is 18.5 Å². The molecule has 0 aromatic carbocycles. The number of hydrogen-bond donors (Lipinski definition) is 0. The minimum absolute atomic E-state index is 0.0961. The van der Waals surface area contributed by atoms with Gasteiger partial charge in [-0.25, -0.2) is 13.4 Å². The molecule has 120 valence electrons. The van der Waals surface area contributed by atoms with Crippen LogP contribution in [0.25, 0.3) is 0 Å². The molecule has 2 aromatic rings. The monoisotopic (exact) mass is 343 g/mol. The predicted octanol–water partition coefficient (Wildman–Crippen LogP) is 2.61. The summed E-state index contributed by atoms with van der Waals surface area (Å²) in [7, 11) is -0.613. The van der Waals surface area contributed by atoms with Gasteiger partial charge >= 0.3 is 0 Å². The van der Waals surface area contributed by atoms with Crippen LogP contribution in [-0.2, 0) is 23.6 Å². The van der Waals surface area contributed by atoms with E-state index in [4.69, 9.17) is 16.0 Å². The van der Waals surface area contributed by atoms with E-state index in [1.165, 1.54) is 22.2 Å². The van der Waals surface area contributed by atoms with Gasteiger partial charge in [0.15, 0.2) is 0 Å². The summed E-state index contributed by atoms with van der Waals surface area (Å²) in [6.07, 6.45) is 2.51. The van der Waals surface area contributed by atoms with Crippen molar-refractivity contribution in [3.05, 3.63) is 35.1 Å². The SMILES string of the molecule is C[C@@H]1C[C@H]1c1ccc(CN(C)S(=O)(=O)c2ncn(C)c2Cl)o1. The molecule has 2 atom stereocenters. The average molecular weight is 344 g/mol. The van der Waals surface area contributed by atoms with E-state index in [0.29, 0.717) is 17.6 Å². The summed E-state index contributed by atoms with van der Waals surface area (Å²) in [4.78, 5) is 3.87. The topological polar surface area (TPSA) is 68.3 Å². The van der Waals surface area contributed by atoms with E-state index in [1.54, 1.807) is 7.05 Å². The Morgan fingerprint density at radius 2 is 2.18 bits per heavy atom. The molecular weight excluding hydrogens is 326 g/mol. The minimum Gasteiger partial charge on any atom is -0.464 e. The summed E-state index contributed by atoms with van der Waals surface area (Å²) in [5.41, 5.74) is 0. The van der Waals surface area contributed by atoms with Crippen molar-refractivity contribution in [2.24, 2.45) is 13.0 Å². The van der Waals surface area contributed by atoms with Gasteiger partial charge < -0.3 is 8.98 Å². The molecule has 3 rings (SSSR count). The molecule has 1 saturated carbocycles. The van der Waals surface area contributed by atoms with E-state index in [-0.39, 0.29) is 16.7 Å². The quantitative estimate of drug-likeness (QED) is 0.836. The van der Waals surface area contributed by atoms with Crippen molar-refractivity contribution in [1.82, 2.24) is 13.9 Å². The smallest absolute Gasteiger partial charge is 0.263 e. The average Bonchev–Trinajstić information content (AvgIpc) is 2.84. The number of furan rings is 1. The molecular formula is C14H18ClN3O3S. The van der Waals surface area contributed by atoms with Crippen molar-refractivity contribution >= 4 is 21.6 Å². The third kappa shape index (κ3) is 2.68. The fraction of sp³-hybridized carbons (Fsp3) is 0.500. The number of rotatable bonds is 5. The van der Waals surface area contributed by atoms with Crippen LogP contribution in [0.4, 0.5) is 0 Å². The van der Waals surface area contributed by atoms with Crippen molar-refractivity contribution in [1.29, 1.82) is 0 Å². The molecule has 1 aliphatic carbocycles. The zero-order chi connectivity index (χ0) is 16.1. The van der Waals surface area contributed by atoms with E-state index < -0.39 is 10.0 Å². The second-order valence-electron chi connectivity index (χ2n) is 5.84. The molecule has 6 nitrogen and oxygen atoms in total.